The van der Waals surface area contributed by atoms with Crippen molar-refractivity contribution in [3.05, 3.63) is 66.4 Å². The van der Waals surface area contributed by atoms with Crippen molar-refractivity contribution in [2.45, 2.75) is 76.3 Å². The summed E-state index contributed by atoms with van der Waals surface area (Å²) in [7, 11) is 3.17. The molecule has 2 amide bonds. The molecule has 0 aliphatic heterocycles. The summed E-state index contributed by atoms with van der Waals surface area (Å²) in [5.41, 5.74) is 1.73. The second-order valence-corrected chi connectivity index (χ2v) is 14.1. The van der Waals surface area contributed by atoms with Crippen molar-refractivity contribution in [1.82, 2.24) is 25.7 Å². The standard InChI is InChI=1S/C34H48N6O8S2/c1-24(2)32(39-27(41)9-5-3-4-6-11-31(44)48-40-29(42)16-17-30(40)43)33(45)37-20-19-35-26-14-12-25(13-15-26)23-47-34(46)38-21-22-49-50-28-10-7-8-18-36-28/h7-8,10,12-18,24,32-33,35,37,42-43,45H,3-6,9,11,19-23H2,1-2H3,(H,38,46)(H,39,41). The van der Waals surface area contributed by atoms with Gasteiger partial charge >= 0.3 is 12.1 Å². The molecule has 1 aromatic carbocycles. The molecule has 0 aliphatic rings. The van der Waals surface area contributed by atoms with E-state index in [1.54, 1.807) is 27.8 Å². The van der Waals surface area contributed by atoms with Gasteiger partial charge in [0.1, 0.15) is 17.9 Å². The molecule has 16 heteroatoms. The van der Waals surface area contributed by atoms with E-state index in [-0.39, 0.29) is 36.6 Å². The molecule has 0 radical (unpaired) electrons. The van der Waals surface area contributed by atoms with Crippen LogP contribution in [-0.2, 0) is 20.9 Å². The molecule has 50 heavy (non-hydrogen) atoms. The SMILES string of the molecule is CC(C)C(NC(=O)CCCCCCC(=O)On1c(O)ccc1O)C(O)NCCNc1ccc(COC(=O)NCCSSc2ccccn2)cc1. The minimum absolute atomic E-state index is 0.00785. The van der Waals surface area contributed by atoms with Crippen molar-refractivity contribution in [3.63, 3.8) is 0 Å². The molecule has 3 aromatic rings. The van der Waals surface area contributed by atoms with Gasteiger partial charge in [-0.15, -0.1) is 4.73 Å². The number of unbranched alkanes of at least 4 members (excludes halogenated alkanes) is 3. The van der Waals surface area contributed by atoms with Gasteiger partial charge in [-0.1, -0.05) is 55.7 Å². The number of alkyl carbamates (subject to hydrolysis) is 1. The van der Waals surface area contributed by atoms with Crippen molar-refractivity contribution in [1.29, 1.82) is 0 Å². The zero-order valence-electron chi connectivity index (χ0n) is 28.4. The first-order valence-electron chi connectivity index (χ1n) is 16.6. The molecule has 0 saturated heterocycles. The number of nitrogens with zero attached hydrogens (tertiary/aromatic N) is 2. The van der Waals surface area contributed by atoms with Crippen LogP contribution in [0.3, 0.4) is 0 Å². The molecule has 0 spiro atoms. The summed E-state index contributed by atoms with van der Waals surface area (Å²) in [6.45, 7) is 5.49. The summed E-state index contributed by atoms with van der Waals surface area (Å²) >= 11 is 0. The van der Waals surface area contributed by atoms with Gasteiger partial charge in [-0.05, 0) is 59.4 Å². The van der Waals surface area contributed by atoms with Crippen molar-refractivity contribution in [2.75, 3.05) is 30.7 Å². The van der Waals surface area contributed by atoms with E-state index >= 15 is 0 Å². The number of amides is 2. The number of nitrogens with one attached hydrogen (secondary N) is 4. The van der Waals surface area contributed by atoms with E-state index < -0.39 is 24.3 Å². The average molecular weight is 733 g/mol. The van der Waals surface area contributed by atoms with Crippen molar-refractivity contribution < 1.29 is 39.3 Å². The first-order valence-corrected chi connectivity index (χ1v) is 18.9. The number of anilines is 1. The molecule has 2 aromatic heterocycles. The Morgan fingerprint density at radius 3 is 2.30 bits per heavy atom. The number of hydrogen-bond donors (Lipinski definition) is 7. The highest BCUT2D eigenvalue weighted by molar-refractivity contribution is 8.76. The Morgan fingerprint density at radius 2 is 1.62 bits per heavy atom. The third-order valence-corrected chi connectivity index (χ3v) is 9.55. The predicted molar refractivity (Wildman–Crippen MR) is 194 cm³/mol. The fourth-order valence-electron chi connectivity index (χ4n) is 4.59. The normalized spacial score (nSPS) is 12.2. The van der Waals surface area contributed by atoms with E-state index in [2.05, 4.69) is 26.3 Å². The van der Waals surface area contributed by atoms with Crippen LogP contribution in [0.2, 0.25) is 0 Å². The highest BCUT2D eigenvalue weighted by Crippen LogP contribution is 2.28. The molecule has 2 atom stereocenters. The number of benzene rings is 1. The molecular formula is C34H48N6O8S2. The zero-order chi connectivity index (χ0) is 36.1. The van der Waals surface area contributed by atoms with Crippen LogP contribution in [0.25, 0.3) is 0 Å². The quantitative estimate of drug-likeness (QED) is 0.0412. The molecule has 2 heterocycles. The van der Waals surface area contributed by atoms with Crippen LogP contribution in [0.1, 0.15) is 57.9 Å². The number of carbonyl (C=O) groups excluding carboxylic acids is 3. The lowest BCUT2D eigenvalue weighted by molar-refractivity contribution is -0.145. The number of ether oxygens (including phenoxy) is 1. The summed E-state index contributed by atoms with van der Waals surface area (Å²) in [4.78, 5) is 45.6. The second kappa shape index (κ2) is 22.6. The van der Waals surface area contributed by atoms with Gasteiger partial charge < -0.3 is 40.8 Å². The molecule has 7 N–H and O–H groups in total. The number of aliphatic hydroxyl groups is 1. The second-order valence-electron chi connectivity index (χ2n) is 11.7. The number of aliphatic hydroxyl groups excluding tert-OH is 1. The lowest BCUT2D eigenvalue weighted by Crippen LogP contribution is -2.53. The minimum atomic E-state index is -0.935. The smallest absolute Gasteiger partial charge is 0.407 e. The summed E-state index contributed by atoms with van der Waals surface area (Å²) in [6.07, 6.45) is 3.36. The molecule has 0 aliphatic carbocycles. The molecule has 0 fully saturated rings. The molecule has 0 saturated carbocycles. The number of aromatic nitrogens is 2. The van der Waals surface area contributed by atoms with Gasteiger partial charge in [-0.25, -0.2) is 14.6 Å². The fourth-order valence-corrected chi connectivity index (χ4v) is 6.37. The Labute approximate surface area is 300 Å². The largest absolute Gasteiger partial charge is 0.492 e. The van der Waals surface area contributed by atoms with Gasteiger partial charge in [-0.3, -0.25) is 10.1 Å². The Hall–Kier alpha value is -4.12. The van der Waals surface area contributed by atoms with Gasteiger partial charge in [0.25, 0.3) is 0 Å². The topological polar surface area (TPSA) is 196 Å². The Kier molecular flexibility index (Phi) is 18.2. The van der Waals surface area contributed by atoms with Crippen LogP contribution < -0.4 is 26.1 Å². The summed E-state index contributed by atoms with van der Waals surface area (Å²) in [5.74, 6) is -0.764. The van der Waals surface area contributed by atoms with E-state index in [0.29, 0.717) is 50.0 Å². The molecule has 3 rings (SSSR count). The monoisotopic (exact) mass is 732 g/mol. The first kappa shape index (κ1) is 40.3. The highest BCUT2D eigenvalue weighted by atomic mass is 33.1. The molecular weight excluding hydrogens is 685 g/mol. The molecule has 14 nitrogen and oxygen atoms in total. The maximum Gasteiger partial charge on any atom is 0.407 e. The predicted octanol–water partition coefficient (Wildman–Crippen LogP) is 4.42. The van der Waals surface area contributed by atoms with Gasteiger partial charge in [-0.2, -0.15) is 0 Å². The van der Waals surface area contributed by atoms with Crippen LogP contribution >= 0.6 is 21.6 Å². The zero-order valence-corrected chi connectivity index (χ0v) is 30.0. The third kappa shape index (κ3) is 15.6. The van der Waals surface area contributed by atoms with E-state index in [9.17, 15) is 29.7 Å². The van der Waals surface area contributed by atoms with Gasteiger partial charge in [0.15, 0.2) is 0 Å². The Morgan fingerprint density at radius 1 is 0.900 bits per heavy atom. The Balaban J connectivity index is 1.22. The minimum Gasteiger partial charge on any atom is -0.492 e. The van der Waals surface area contributed by atoms with Gasteiger partial charge in [0, 0.05) is 62.2 Å². The van der Waals surface area contributed by atoms with Crippen LogP contribution in [0, 0.1) is 5.92 Å². The molecule has 274 valence electrons. The summed E-state index contributed by atoms with van der Waals surface area (Å²) in [6, 6.07) is 15.2. The van der Waals surface area contributed by atoms with Gasteiger partial charge in [0.2, 0.25) is 17.7 Å². The first-order chi connectivity index (χ1) is 24.1. The van der Waals surface area contributed by atoms with Crippen LogP contribution in [-0.4, -0.2) is 80.7 Å². The maximum atomic E-state index is 12.6. The summed E-state index contributed by atoms with van der Waals surface area (Å²) < 4.78 is 5.96. The van der Waals surface area contributed by atoms with Crippen molar-refractivity contribution in [3.8, 4) is 11.8 Å². The van der Waals surface area contributed by atoms with E-state index in [0.717, 1.165) is 28.5 Å². The maximum absolute atomic E-state index is 12.6. The van der Waals surface area contributed by atoms with Crippen LogP contribution in [0.4, 0.5) is 10.5 Å². The van der Waals surface area contributed by atoms with E-state index in [1.165, 1.54) is 12.1 Å². The van der Waals surface area contributed by atoms with E-state index in [1.807, 2.05) is 56.3 Å². The number of rotatable bonds is 23. The lowest BCUT2D eigenvalue weighted by Gasteiger charge is -2.28. The Bertz CT molecular complexity index is 1430. The number of carbonyl (C=O) groups is 3. The number of pyridine rings is 1. The molecule has 0 bridgehead atoms. The highest BCUT2D eigenvalue weighted by Gasteiger charge is 2.24. The molecule has 2 unspecified atom stereocenters. The van der Waals surface area contributed by atoms with Crippen molar-refractivity contribution >= 4 is 45.2 Å². The number of aromatic hydroxyl groups is 2. The number of hydrogen-bond acceptors (Lipinski definition) is 13. The van der Waals surface area contributed by atoms with Crippen molar-refractivity contribution in [2.24, 2.45) is 5.92 Å². The van der Waals surface area contributed by atoms with Crippen LogP contribution in [0.15, 0.2) is 65.8 Å². The third-order valence-electron chi connectivity index (χ3n) is 7.28. The summed E-state index contributed by atoms with van der Waals surface area (Å²) in [5, 5.41) is 42.7. The fraction of sp³-hybridized carbons (Fsp3) is 0.471. The van der Waals surface area contributed by atoms with Crippen LogP contribution in [0.5, 0.6) is 11.8 Å². The lowest BCUT2D eigenvalue weighted by atomic mass is 10.0. The van der Waals surface area contributed by atoms with Gasteiger partial charge in [0.05, 0.1) is 6.04 Å². The van der Waals surface area contributed by atoms with E-state index in [4.69, 9.17) is 9.57 Å². The average Bonchev–Trinajstić information content (AvgIpc) is 3.42.